The van der Waals surface area contributed by atoms with Crippen molar-refractivity contribution in [2.75, 3.05) is 11.5 Å². The van der Waals surface area contributed by atoms with Crippen molar-refractivity contribution in [3.63, 3.8) is 0 Å². The molecule has 2 fully saturated rings. The highest BCUT2D eigenvalue weighted by Gasteiger charge is 2.48. The molecule has 2 atom stereocenters. The van der Waals surface area contributed by atoms with Crippen LogP contribution in [-0.4, -0.2) is 47.2 Å². The van der Waals surface area contributed by atoms with E-state index in [1.807, 2.05) is 66.4 Å². The summed E-state index contributed by atoms with van der Waals surface area (Å²) in [6.45, 7) is 2.57. The van der Waals surface area contributed by atoms with Gasteiger partial charge >= 0.3 is 0 Å². The standard InChI is InChI=1S/C21H22N2O3S2/c1-15-7-9-16(10-8-15)11-20(24)22-21-23(12-17-5-3-2-4-6-17)18-13-28(25,26)14-19(18)27-21/h2-10,18-19H,11-14H2,1H3/t18-,19+/m1/s1. The fraction of sp³-hybridized carbons (Fsp3) is 0.333. The first-order valence-electron chi connectivity index (χ1n) is 9.24. The van der Waals surface area contributed by atoms with E-state index in [1.54, 1.807) is 0 Å². The number of aliphatic imine (C=N–C) groups is 1. The molecule has 5 nitrogen and oxygen atoms in total. The average molecular weight is 415 g/mol. The van der Waals surface area contributed by atoms with E-state index in [1.165, 1.54) is 11.8 Å². The molecule has 0 radical (unpaired) electrons. The monoisotopic (exact) mass is 414 g/mol. The zero-order chi connectivity index (χ0) is 19.7. The van der Waals surface area contributed by atoms with Crippen molar-refractivity contribution in [1.82, 2.24) is 4.90 Å². The Bertz CT molecular complexity index is 1000. The molecule has 0 N–H and O–H groups in total. The number of thioether (sulfide) groups is 1. The molecule has 2 saturated heterocycles. The molecule has 4 rings (SSSR count). The largest absolute Gasteiger partial charge is 0.342 e. The zero-order valence-corrected chi connectivity index (χ0v) is 17.2. The molecule has 2 aliphatic rings. The van der Waals surface area contributed by atoms with Crippen LogP contribution in [0.4, 0.5) is 0 Å². The summed E-state index contributed by atoms with van der Waals surface area (Å²) < 4.78 is 24.2. The van der Waals surface area contributed by atoms with Crippen LogP contribution in [0.3, 0.4) is 0 Å². The second-order valence-corrected chi connectivity index (χ2v) is 10.7. The van der Waals surface area contributed by atoms with E-state index in [0.717, 1.165) is 16.7 Å². The Morgan fingerprint density at radius 2 is 1.79 bits per heavy atom. The Kier molecular flexibility index (Phi) is 5.29. The van der Waals surface area contributed by atoms with E-state index in [9.17, 15) is 13.2 Å². The topological polar surface area (TPSA) is 66.8 Å². The Labute approximate surface area is 169 Å². The maximum Gasteiger partial charge on any atom is 0.252 e. The first kappa shape index (κ1) is 19.2. The molecule has 2 aliphatic heterocycles. The second kappa shape index (κ2) is 7.72. The maximum atomic E-state index is 12.6. The second-order valence-electron chi connectivity index (χ2n) is 7.36. The van der Waals surface area contributed by atoms with E-state index in [0.29, 0.717) is 11.7 Å². The molecule has 7 heteroatoms. The summed E-state index contributed by atoms with van der Waals surface area (Å²) in [5.41, 5.74) is 3.16. The van der Waals surface area contributed by atoms with Gasteiger partial charge in [0.15, 0.2) is 15.0 Å². The summed E-state index contributed by atoms with van der Waals surface area (Å²) in [7, 11) is -3.04. The van der Waals surface area contributed by atoms with Gasteiger partial charge in [-0.25, -0.2) is 8.42 Å². The van der Waals surface area contributed by atoms with Gasteiger partial charge in [-0.15, -0.1) is 0 Å². The van der Waals surface area contributed by atoms with Gasteiger partial charge in [-0.05, 0) is 18.1 Å². The smallest absolute Gasteiger partial charge is 0.252 e. The van der Waals surface area contributed by atoms with Crippen LogP contribution in [-0.2, 0) is 27.6 Å². The quantitative estimate of drug-likeness (QED) is 0.770. The minimum absolute atomic E-state index is 0.0559. The van der Waals surface area contributed by atoms with Crippen LogP contribution in [0.15, 0.2) is 59.6 Å². The lowest BCUT2D eigenvalue weighted by Crippen LogP contribution is -2.37. The number of amidine groups is 1. The summed E-state index contributed by atoms with van der Waals surface area (Å²) >= 11 is 1.43. The number of hydrogen-bond donors (Lipinski definition) is 0. The van der Waals surface area contributed by atoms with Crippen molar-refractivity contribution >= 4 is 32.7 Å². The predicted octanol–water partition coefficient (Wildman–Crippen LogP) is 2.83. The van der Waals surface area contributed by atoms with E-state index in [4.69, 9.17) is 0 Å². The lowest BCUT2D eigenvalue weighted by Gasteiger charge is -2.24. The summed E-state index contributed by atoms with van der Waals surface area (Å²) in [5, 5.41) is 0.588. The molecule has 2 aromatic rings. The van der Waals surface area contributed by atoms with Gasteiger partial charge in [-0.1, -0.05) is 71.9 Å². The molecule has 28 heavy (non-hydrogen) atoms. The first-order chi connectivity index (χ1) is 13.4. The van der Waals surface area contributed by atoms with Crippen LogP contribution >= 0.6 is 11.8 Å². The molecule has 2 aromatic carbocycles. The summed E-state index contributed by atoms with van der Waals surface area (Å²) in [6.07, 6.45) is 0.247. The summed E-state index contributed by atoms with van der Waals surface area (Å²) in [6, 6.07) is 17.6. The predicted molar refractivity (Wildman–Crippen MR) is 113 cm³/mol. The number of aryl methyl sites for hydroxylation is 1. The number of sulfone groups is 1. The van der Waals surface area contributed by atoms with E-state index >= 15 is 0 Å². The van der Waals surface area contributed by atoms with Gasteiger partial charge in [-0.2, -0.15) is 4.99 Å². The van der Waals surface area contributed by atoms with Crippen molar-refractivity contribution in [3.05, 3.63) is 71.3 Å². The highest BCUT2D eigenvalue weighted by Crippen LogP contribution is 2.39. The first-order valence-corrected chi connectivity index (χ1v) is 11.9. The minimum Gasteiger partial charge on any atom is -0.342 e. The average Bonchev–Trinajstić information content (AvgIpc) is 3.10. The van der Waals surface area contributed by atoms with Crippen molar-refractivity contribution in [3.8, 4) is 0 Å². The van der Waals surface area contributed by atoms with Crippen LogP contribution in [0, 0.1) is 6.92 Å². The van der Waals surface area contributed by atoms with Gasteiger partial charge in [0, 0.05) is 11.8 Å². The van der Waals surface area contributed by atoms with Crippen LogP contribution in [0.25, 0.3) is 0 Å². The Morgan fingerprint density at radius 1 is 1.07 bits per heavy atom. The van der Waals surface area contributed by atoms with Crippen LogP contribution in [0.1, 0.15) is 16.7 Å². The lowest BCUT2D eigenvalue weighted by atomic mass is 10.1. The van der Waals surface area contributed by atoms with Gasteiger partial charge in [0.1, 0.15) is 0 Å². The fourth-order valence-corrected chi connectivity index (χ4v) is 7.60. The minimum atomic E-state index is -3.04. The normalized spacial score (nSPS) is 24.5. The molecule has 0 aromatic heterocycles. The third kappa shape index (κ3) is 4.31. The molecule has 2 heterocycles. The van der Waals surface area contributed by atoms with Gasteiger partial charge in [0.05, 0.1) is 24.0 Å². The SMILES string of the molecule is Cc1ccc(CC(=O)N=C2S[C@H]3CS(=O)(=O)C[C@H]3N2Cc2ccccc2)cc1. The Hall–Kier alpha value is -2.12. The number of nitrogens with zero attached hydrogens (tertiary/aromatic N) is 2. The molecule has 0 saturated carbocycles. The van der Waals surface area contributed by atoms with Gasteiger partial charge in [-0.3, -0.25) is 4.79 Å². The Balaban J connectivity index is 1.56. The lowest BCUT2D eigenvalue weighted by molar-refractivity contribution is -0.117. The number of fused-ring (bicyclic) bond motifs is 1. The molecule has 1 amide bonds. The van der Waals surface area contributed by atoms with Crippen molar-refractivity contribution in [1.29, 1.82) is 0 Å². The van der Waals surface area contributed by atoms with E-state index < -0.39 is 9.84 Å². The van der Waals surface area contributed by atoms with E-state index in [2.05, 4.69) is 4.99 Å². The molecular weight excluding hydrogens is 392 g/mol. The number of carbonyl (C=O) groups is 1. The molecule has 0 bridgehead atoms. The molecular formula is C21H22N2O3S2. The van der Waals surface area contributed by atoms with Gasteiger partial charge in [0.2, 0.25) is 0 Å². The van der Waals surface area contributed by atoms with E-state index in [-0.39, 0.29) is 35.1 Å². The Morgan fingerprint density at radius 3 is 2.50 bits per heavy atom. The third-order valence-electron chi connectivity index (χ3n) is 5.07. The maximum absolute atomic E-state index is 12.6. The number of rotatable bonds is 4. The molecule has 0 aliphatic carbocycles. The number of carbonyl (C=O) groups excluding carboxylic acids is 1. The van der Waals surface area contributed by atoms with Crippen molar-refractivity contribution in [2.45, 2.75) is 31.2 Å². The van der Waals surface area contributed by atoms with Crippen LogP contribution in [0.5, 0.6) is 0 Å². The third-order valence-corrected chi connectivity index (χ3v) is 8.31. The highest BCUT2D eigenvalue weighted by atomic mass is 32.2. The molecule has 0 spiro atoms. The van der Waals surface area contributed by atoms with Crippen molar-refractivity contribution < 1.29 is 13.2 Å². The number of benzene rings is 2. The van der Waals surface area contributed by atoms with Gasteiger partial charge < -0.3 is 4.90 Å². The summed E-state index contributed by atoms with van der Waals surface area (Å²) in [5.74, 6) is 0.0776. The van der Waals surface area contributed by atoms with Crippen LogP contribution in [0.2, 0.25) is 0 Å². The number of amides is 1. The summed E-state index contributed by atoms with van der Waals surface area (Å²) in [4.78, 5) is 18.9. The fourth-order valence-electron chi connectivity index (χ4n) is 3.63. The zero-order valence-electron chi connectivity index (χ0n) is 15.6. The number of hydrogen-bond acceptors (Lipinski definition) is 4. The highest BCUT2D eigenvalue weighted by molar-refractivity contribution is 8.15. The van der Waals surface area contributed by atoms with Gasteiger partial charge in [0.25, 0.3) is 5.91 Å². The van der Waals surface area contributed by atoms with Crippen molar-refractivity contribution in [2.24, 2.45) is 4.99 Å². The van der Waals surface area contributed by atoms with Crippen LogP contribution < -0.4 is 0 Å². The molecule has 146 valence electrons. The molecule has 0 unspecified atom stereocenters.